The van der Waals surface area contributed by atoms with Crippen LogP contribution in [0.3, 0.4) is 0 Å². The third-order valence-corrected chi connectivity index (χ3v) is 4.99. The van der Waals surface area contributed by atoms with Gasteiger partial charge in [-0.05, 0) is 38.7 Å². The number of aromatic nitrogens is 4. The van der Waals surface area contributed by atoms with E-state index in [1.807, 2.05) is 25.2 Å². The van der Waals surface area contributed by atoms with Crippen molar-refractivity contribution < 1.29 is 9.90 Å². The molecule has 6 nitrogen and oxygen atoms in total. The molecule has 148 valence electrons. The summed E-state index contributed by atoms with van der Waals surface area (Å²) in [6.07, 6.45) is 19.2. The zero-order valence-corrected chi connectivity index (χ0v) is 16.5. The minimum atomic E-state index is -0.801. The molecule has 6 heteroatoms. The van der Waals surface area contributed by atoms with Crippen molar-refractivity contribution in [1.29, 1.82) is 0 Å². The summed E-state index contributed by atoms with van der Waals surface area (Å²) >= 11 is 0. The molecule has 3 unspecified atom stereocenters. The second-order valence-electron chi connectivity index (χ2n) is 7.55. The van der Waals surface area contributed by atoms with E-state index in [2.05, 4.69) is 39.7 Å². The Kier molecular flexibility index (Phi) is 8.58. The van der Waals surface area contributed by atoms with Gasteiger partial charge in [0.15, 0.2) is 11.6 Å². The minimum Gasteiger partial charge on any atom is -0.386 e. The Bertz CT molecular complexity index is 647. The Balaban J connectivity index is 1.76. The van der Waals surface area contributed by atoms with Crippen LogP contribution in [0.2, 0.25) is 0 Å². The lowest BCUT2D eigenvalue weighted by molar-refractivity contribution is -0.117. The summed E-state index contributed by atoms with van der Waals surface area (Å²) in [6, 6.07) is 0. The van der Waals surface area contributed by atoms with E-state index in [0.717, 1.165) is 57.2 Å². The summed E-state index contributed by atoms with van der Waals surface area (Å²) in [6.45, 7) is 4.00. The number of tetrazole rings is 1. The van der Waals surface area contributed by atoms with Gasteiger partial charge in [-0.25, -0.2) is 0 Å². The molecule has 1 aromatic rings. The number of aliphatic hydroxyl groups is 1. The lowest BCUT2D eigenvalue weighted by atomic mass is 9.88. The van der Waals surface area contributed by atoms with Crippen LogP contribution in [0, 0.1) is 11.8 Å². The molecule has 0 fully saturated rings. The van der Waals surface area contributed by atoms with E-state index in [-0.39, 0.29) is 17.6 Å². The molecule has 27 heavy (non-hydrogen) atoms. The smallest absolute Gasteiger partial charge is 0.174 e. The van der Waals surface area contributed by atoms with E-state index >= 15 is 0 Å². The Morgan fingerprint density at radius 2 is 2.15 bits per heavy atom. The third-order valence-electron chi connectivity index (χ3n) is 4.99. The van der Waals surface area contributed by atoms with Crippen LogP contribution >= 0.6 is 0 Å². The number of carbonyl (C=O) groups excluding carboxylic acids is 1. The maximum absolute atomic E-state index is 12.2. The number of hydrogen-bond acceptors (Lipinski definition) is 5. The van der Waals surface area contributed by atoms with E-state index in [4.69, 9.17) is 0 Å². The summed E-state index contributed by atoms with van der Waals surface area (Å²) in [5.74, 6) is 0.918. The van der Waals surface area contributed by atoms with Gasteiger partial charge in [0.1, 0.15) is 0 Å². The van der Waals surface area contributed by atoms with Crippen LogP contribution in [0.25, 0.3) is 0 Å². The average molecular weight is 373 g/mol. The van der Waals surface area contributed by atoms with Crippen LogP contribution in [0.4, 0.5) is 0 Å². The van der Waals surface area contributed by atoms with Crippen LogP contribution in [0.1, 0.15) is 64.6 Å². The Hall–Kier alpha value is -2.08. The molecular formula is C21H32N4O2. The molecule has 0 spiro atoms. The molecule has 0 aliphatic heterocycles. The number of hydrogen-bond donors (Lipinski definition) is 2. The van der Waals surface area contributed by atoms with Crippen molar-refractivity contribution in [3.63, 3.8) is 0 Å². The lowest BCUT2D eigenvalue weighted by Gasteiger charge is -2.20. The number of rotatable bonds is 12. The van der Waals surface area contributed by atoms with Crippen LogP contribution in [0.5, 0.6) is 0 Å². The highest BCUT2D eigenvalue weighted by atomic mass is 16.3. The number of allylic oxidation sites excluding steroid dienone is 5. The summed E-state index contributed by atoms with van der Waals surface area (Å²) < 4.78 is 0. The Morgan fingerprint density at radius 1 is 1.30 bits per heavy atom. The number of aromatic amines is 1. The molecule has 0 bridgehead atoms. The first-order valence-corrected chi connectivity index (χ1v) is 10.0. The van der Waals surface area contributed by atoms with Crippen molar-refractivity contribution in [3.8, 4) is 0 Å². The predicted octanol–water partition coefficient (Wildman–Crippen LogP) is 3.73. The number of unbranched alkanes of at least 4 members (excludes halogenated alkanes) is 3. The van der Waals surface area contributed by atoms with Gasteiger partial charge in [0, 0.05) is 18.3 Å². The van der Waals surface area contributed by atoms with Crippen molar-refractivity contribution in [3.05, 3.63) is 42.3 Å². The molecule has 1 aliphatic carbocycles. The van der Waals surface area contributed by atoms with Crippen LogP contribution in [-0.4, -0.2) is 37.1 Å². The quantitative estimate of drug-likeness (QED) is 0.431. The predicted molar refractivity (Wildman–Crippen MR) is 106 cm³/mol. The molecule has 2 N–H and O–H groups in total. The van der Waals surface area contributed by atoms with Crippen molar-refractivity contribution in [1.82, 2.24) is 20.6 Å². The molecule has 3 atom stereocenters. The van der Waals surface area contributed by atoms with E-state index in [1.54, 1.807) is 6.08 Å². The fraction of sp³-hybridized carbons (Fsp3) is 0.619. The van der Waals surface area contributed by atoms with Crippen LogP contribution < -0.4 is 0 Å². The molecule has 1 heterocycles. The summed E-state index contributed by atoms with van der Waals surface area (Å²) in [5, 5.41) is 24.3. The highest BCUT2D eigenvalue weighted by Crippen LogP contribution is 2.28. The number of nitrogens with one attached hydrogen (secondary N) is 1. The lowest BCUT2D eigenvalue weighted by Crippen LogP contribution is -2.21. The van der Waals surface area contributed by atoms with E-state index < -0.39 is 5.60 Å². The van der Waals surface area contributed by atoms with Gasteiger partial charge in [0.05, 0.1) is 5.60 Å². The fourth-order valence-corrected chi connectivity index (χ4v) is 3.29. The fourth-order valence-electron chi connectivity index (χ4n) is 3.29. The highest BCUT2D eigenvalue weighted by molar-refractivity contribution is 5.95. The molecule has 0 aromatic carbocycles. The second kappa shape index (κ2) is 10.9. The number of aryl methyl sites for hydroxylation is 1. The summed E-state index contributed by atoms with van der Waals surface area (Å²) in [5.41, 5.74) is -0.801. The number of carbonyl (C=O) groups is 1. The van der Waals surface area contributed by atoms with Gasteiger partial charge in [-0.1, -0.05) is 61.8 Å². The monoisotopic (exact) mass is 372 g/mol. The molecule has 1 aliphatic rings. The third kappa shape index (κ3) is 7.59. The van der Waals surface area contributed by atoms with Gasteiger partial charge < -0.3 is 5.11 Å². The van der Waals surface area contributed by atoms with Crippen molar-refractivity contribution in [2.24, 2.45) is 11.8 Å². The largest absolute Gasteiger partial charge is 0.386 e. The molecule has 0 radical (unpaired) electrons. The molecule has 2 rings (SSSR count). The highest BCUT2D eigenvalue weighted by Gasteiger charge is 2.28. The minimum absolute atomic E-state index is 0.0545. The second-order valence-corrected chi connectivity index (χ2v) is 7.55. The number of H-pyrrole nitrogens is 1. The van der Waals surface area contributed by atoms with Gasteiger partial charge in [-0.2, -0.15) is 5.21 Å². The van der Waals surface area contributed by atoms with Gasteiger partial charge in [-0.3, -0.25) is 4.79 Å². The van der Waals surface area contributed by atoms with Crippen LogP contribution in [0.15, 0.2) is 36.5 Å². The Morgan fingerprint density at radius 3 is 2.89 bits per heavy atom. The molecular weight excluding hydrogens is 340 g/mol. The van der Waals surface area contributed by atoms with E-state index in [0.29, 0.717) is 0 Å². The van der Waals surface area contributed by atoms with Crippen LogP contribution in [-0.2, 0) is 11.2 Å². The van der Waals surface area contributed by atoms with Gasteiger partial charge in [-0.15, -0.1) is 10.2 Å². The first kappa shape index (κ1) is 21.2. The standard InChI is InChI=1S/C21H32N4O2/c1-3-4-9-15-21(2,27)16-14-17-12-13-19(26)18(17)10-7-5-6-8-11-20-22-24-25-23-20/h5,7,12-14,16-18,27H,3-4,6,8-11,15H2,1-2H3,(H,22,23,24,25)/b7-5-,16-14?. The maximum atomic E-state index is 12.2. The number of ketones is 1. The van der Waals surface area contributed by atoms with Gasteiger partial charge >= 0.3 is 0 Å². The number of nitrogens with zero attached hydrogens (tertiary/aromatic N) is 3. The van der Waals surface area contributed by atoms with Gasteiger partial charge in [0.2, 0.25) is 0 Å². The Labute approximate surface area is 161 Å². The summed E-state index contributed by atoms with van der Waals surface area (Å²) in [7, 11) is 0. The van der Waals surface area contributed by atoms with E-state index in [9.17, 15) is 9.90 Å². The molecule has 0 amide bonds. The zero-order chi connectivity index (χ0) is 19.5. The van der Waals surface area contributed by atoms with Crippen molar-refractivity contribution in [2.45, 2.75) is 70.8 Å². The van der Waals surface area contributed by atoms with Gasteiger partial charge in [0.25, 0.3) is 0 Å². The van der Waals surface area contributed by atoms with Crippen molar-refractivity contribution >= 4 is 5.78 Å². The topological polar surface area (TPSA) is 91.8 Å². The average Bonchev–Trinajstić information content (AvgIpc) is 3.27. The zero-order valence-electron chi connectivity index (χ0n) is 16.5. The molecule has 0 saturated heterocycles. The summed E-state index contributed by atoms with van der Waals surface area (Å²) in [4.78, 5) is 12.2. The molecule has 1 aromatic heterocycles. The van der Waals surface area contributed by atoms with Crippen molar-refractivity contribution in [2.75, 3.05) is 0 Å². The van der Waals surface area contributed by atoms with E-state index in [1.165, 1.54) is 0 Å². The maximum Gasteiger partial charge on any atom is 0.174 e. The first-order valence-electron chi connectivity index (χ1n) is 10.0. The molecule has 0 saturated carbocycles. The first-order chi connectivity index (χ1) is 13.0. The SMILES string of the molecule is CCCCCC(C)(O)C=CC1C=CC(=O)C1C/C=C\CCCc1nn[nH]n1. The normalized spacial score (nSPS) is 22.3.